The number of nitrogens with one attached hydrogen (secondary N) is 1. The number of aromatic carboxylic acids is 1. The van der Waals surface area contributed by atoms with E-state index in [0.717, 1.165) is 0 Å². The van der Waals surface area contributed by atoms with Gasteiger partial charge in [0.15, 0.2) is 5.69 Å². The molecule has 2 aromatic heterocycles. The lowest BCUT2D eigenvalue weighted by atomic mass is 10.4. The number of hydrogen-bond donors (Lipinski definition) is 2. The van der Waals surface area contributed by atoms with Crippen LogP contribution in [0.1, 0.15) is 10.5 Å². The minimum atomic E-state index is -1.12. The largest absolute Gasteiger partial charge is 0.476 e. The molecule has 0 bridgehead atoms. The molecule has 0 amide bonds. The quantitative estimate of drug-likeness (QED) is 0.810. The van der Waals surface area contributed by atoms with Gasteiger partial charge in [0, 0.05) is 25.4 Å². The van der Waals surface area contributed by atoms with Crippen LogP contribution in [0.25, 0.3) is 0 Å². The lowest BCUT2D eigenvalue weighted by Gasteiger charge is -2.07. The molecule has 0 radical (unpaired) electrons. The van der Waals surface area contributed by atoms with Gasteiger partial charge in [-0.1, -0.05) is 6.07 Å². The molecule has 2 N–H and O–H groups in total. The summed E-state index contributed by atoms with van der Waals surface area (Å²) in [5, 5.41) is 11.6. The summed E-state index contributed by atoms with van der Waals surface area (Å²) in [6.07, 6.45) is 4.22. The number of rotatable bonds is 5. The van der Waals surface area contributed by atoms with E-state index >= 15 is 0 Å². The first kappa shape index (κ1) is 12.7. The topological polar surface area (TPSA) is 97.1 Å². The molecule has 0 fully saturated rings. The predicted molar refractivity (Wildman–Crippen MR) is 68.2 cm³/mol. The lowest BCUT2D eigenvalue weighted by Crippen LogP contribution is -2.22. The van der Waals surface area contributed by atoms with Crippen LogP contribution in [-0.2, 0) is 6.54 Å². The molecule has 0 saturated heterocycles. The van der Waals surface area contributed by atoms with Crippen molar-refractivity contribution in [3.8, 4) is 0 Å². The Morgan fingerprint density at radius 2 is 2.16 bits per heavy atom. The van der Waals surface area contributed by atoms with E-state index in [1.165, 1.54) is 18.5 Å². The van der Waals surface area contributed by atoms with Crippen LogP contribution in [0.3, 0.4) is 0 Å². The molecule has 2 rings (SSSR count). The zero-order valence-corrected chi connectivity index (χ0v) is 9.98. The van der Waals surface area contributed by atoms with Crippen LogP contribution >= 0.6 is 0 Å². The third kappa shape index (κ3) is 3.38. The lowest BCUT2D eigenvalue weighted by molar-refractivity contribution is 0.0690. The van der Waals surface area contributed by atoms with Crippen molar-refractivity contribution in [1.29, 1.82) is 0 Å². The Kier molecular flexibility index (Phi) is 3.87. The first-order chi connectivity index (χ1) is 9.16. The Balaban J connectivity index is 1.91. The van der Waals surface area contributed by atoms with Crippen LogP contribution in [-0.4, -0.2) is 32.2 Å². The van der Waals surface area contributed by atoms with Crippen molar-refractivity contribution < 1.29 is 9.90 Å². The van der Waals surface area contributed by atoms with Gasteiger partial charge in [-0.15, -0.1) is 0 Å². The summed E-state index contributed by atoms with van der Waals surface area (Å²) in [4.78, 5) is 29.7. The standard InChI is InChI=1S/C12H12N4O3/c17-11-3-1-2-5-16(11)6-4-13-10-8-14-9(7-15-10)12(18)19/h1-3,5,7-8H,4,6H2,(H,13,15)(H,18,19). The van der Waals surface area contributed by atoms with E-state index in [1.807, 2.05) is 0 Å². The van der Waals surface area contributed by atoms with Crippen molar-refractivity contribution in [1.82, 2.24) is 14.5 Å². The van der Waals surface area contributed by atoms with E-state index in [2.05, 4.69) is 15.3 Å². The van der Waals surface area contributed by atoms with Crippen LogP contribution in [0.5, 0.6) is 0 Å². The summed E-state index contributed by atoms with van der Waals surface area (Å²) in [7, 11) is 0. The van der Waals surface area contributed by atoms with Gasteiger partial charge >= 0.3 is 5.97 Å². The van der Waals surface area contributed by atoms with Gasteiger partial charge in [-0.05, 0) is 6.07 Å². The van der Waals surface area contributed by atoms with E-state index < -0.39 is 5.97 Å². The molecule has 0 atom stereocenters. The van der Waals surface area contributed by atoms with Crippen molar-refractivity contribution in [2.45, 2.75) is 6.54 Å². The molecule has 0 unspecified atom stereocenters. The van der Waals surface area contributed by atoms with Gasteiger partial charge in [0.05, 0.1) is 12.4 Å². The highest BCUT2D eigenvalue weighted by molar-refractivity contribution is 5.84. The molecule has 0 aliphatic heterocycles. The minimum Gasteiger partial charge on any atom is -0.476 e. The van der Waals surface area contributed by atoms with Gasteiger partial charge in [0.1, 0.15) is 5.82 Å². The Bertz CT molecular complexity index is 621. The molecule has 19 heavy (non-hydrogen) atoms. The van der Waals surface area contributed by atoms with E-state index in [1.54, 1.807) is 22.9 Å². The highest BCUT2D eigenvalue weighted by Crippen LogP contribution is 2.00. The molecule has 0 aliphatic rings. The fourth-order valence-corrected chi connectivity index (χ4v) is 1.48. The first-order valence-corrected chi connectivity index (χ1v) is 5.61. The fourth-order valence-electron chi connectivity index (χ4n) is 1.48. The van der Waals surface area contributed by atoms with E-state index in [9.17, 15) is 9.59 Å². The summed E-state index contributed by atoms with van der Waals surface area (Å²) in [5.41, 5.74) is -0.179. The number of carboxylic acids is 1. The molecule has 7 heteroatoms. The smallest absolute Gasteiger partial charge is 0.356 e. The van der Waals surface area contributed by atoms with Gasteiger partial charge in [0.2, 0.25) is 0 Å². The molecular formula is C12H12N4O3. The highest BCUT2D eigenvalue weighted by Gasteiger charge is 2.04. The second kappa shape index (κ2) is 5.76. The van der Waals surface area contributed by atoms with Crippen molar-refractivity contribution >= 4 is 11.8 Å². The van der Waals surface area contributed by atoms with Gasteiger partial charge < -0.3 is 15.0 Å². The maximum absolute atomic E-state index is 11.4. The third-order valence-electron chi connectivity index (χ3n) is 2.43. The van der Waals surface area contributed by atoms with Crippen molar-refractivity contribution in [2.24, 2.45) is 0 Å². The van der Waals surface area contributed by atoms with Crippen molar-refractivity contribution in [2.75, 3.05) is 11.9 Å². The highest BCUT2D eigenvalue weighted by atomic mass is 16.4. The Morgan fingerprint density at radius 1 is 1.32 bits per heavy atom. The molecule has 7 nitrogen and oxygen atoms in total. The summed E-state index contributed by atoms with van der Waals surface area (Å²) < 4.78 is 1.56. The Hall–Kier alpha value is -2.70. The number of hydrogen-bond acceptors (Lipinski definition) is 5. The van der Waals surface area contributed by atoms with Crippen LogP contribution in [0, 0.1) is 0 Å². The van der Waals surface area contributed by atoms with E-state index in [-0.39, 0.29) is 11.3 Å². The maximum Gasteiger partial charge on any atom is 0.356 e. The van der Waals surface area contributed by atoms with Crippen LogP contribution < -0.4 is 10.9 Å². The second-order valence-electron chi connectivity index (χ2n) is 3.75. The van der Waals surface area contributed by atoms with Crippen LogP contribution in [0.2, 0.25) is 0 Å². The molecule has 98 valence electrons. The van der Waals surface area contributed by atoms with Gasteiger partial charge in [-0.2, -0.15) is 0 Å². The van der Waals surface area contributed by atoms with Gasteiger partial charge in [-0.25, -0.2) is 14.8 Å². The summed E-state index contributed by atoms with van der Waals surface area (Å²) >= 11 is 0. The zero-order chi connectivity index (χ0) is 13.7. The predicted octanol–water partition coefficient (Wildman–Crippen LogP) is 0.449. The summed E-state index contributed by atoms with van der Waals surface area (Å²) in [5.74, 6) is -0.649. The average Bonchev–Trinajstić information content (AvgIpc) is 2.41. The van der Waals surface area contributed by atoms with E-state index in [4.69, 9.17) is 5.11 Å². The monoisotopic (exact) mass is 260 g/mol. The van der Waals surface area contributed by atoms with Crippen LogP contribution in [0.15, 0.2) is 41.6 Å². The second-order valence-corrected chi connectivity index (χ2v) is 3.75. The molecule has 0 spiro atoms. The normalized spacial score (nSPS) is 10.1. The third-order valence-corrected chi connectivity index (χ3v) is 2.43. The zero-order valence-electron chi connectivity index (χ0n) is 9.98. The first-order valence-electron chi connectivity index (χ1n) is 5.61. The molecule has 0 aliphatic carbocycles. The van der Waals surface area contributed by atoms with E-state index in [0.29, 0.717) is 18.9 Å². The van der Waals surface area contributed by atoms with Crippen LogP contribution in [0.4, 0.5) is 5.82 Å². The summed E-state index contributed by atoms with van der Waals surface area (Å²) in [6.45, 7) is 0.979. The Labute approximate surface area is 108 Å². The number of pyridine rings is 1. The molecule has 0 aromatic carbocycles. The van der Waals surface area contributed by atoms with Gasteiger partial charge in [0.25, 0.3) is 5.56 Å². The molecule has 0 saturated carbocycles. The molecule has 2 aromatic rings. The number of nitrogens with zero attached hydrogens (tertiary/aromatic N) is 3. The Morgan fingerprint density at radius 3 is 2.79 bits per heavy atom. The maximum atomic E-state index is 11.4. The fraction of sp³-hybridized carbons (Fsp3) is 0.167. The number of anilines is 1. The van der Waals surface area contributed by atoms with Crippen molar-refractivity contribution in [3.63, 3.8) is 0 Å². The number of aromatic nitrogens is 3. The SMILES string of the molecule is O=C(O)c1cnc(NCCn2ccccc2=O)cn1. The number of carbonyl (C=O) groups is 1. The minimum absolute atomic E-state index is 0.0726. The number of carboxylic acid groups (broad SMARTS) is 1. The average molecular weight is 260 g/mol. The van der Waals surface area contributed by atoms with Crippen molar-refractivity contribution in [3.05, 3.63) is 52.8 Å². The van der Waals surface area contributed by atoms with Gasteiger partial charge in [-0.3, -0.25) is 4.79 Å². The molecular weight excluding hydrogens is 248 g/mol. The molecule has 2 heterocycles. The summed E-state index contributed by atoms with van der Waals surface area (Å²) in [6, 6.07) is 4.95.